The first-order valence-corrected chi connectivity index (χ1v) is 17.8. The number of carbonyl (C=O) groups is 2. The van der Waals surface area contributed by atoms with Crippen LogP contribution in [-0.2, 0) is 26.5 Å². The van der Waals surface area contributed by atoms with Gasteiger partial charge in [-0.3, -0.25) is 19.5 Å². The fourth-order valence-electron chi connectivity index (χ4n) is 7.24. The number of aromatic amines is 1. The van der Waals surface area contributed by atoms with Crippen LogP contribution in [0.15, 0.2) is 77.6 Å². The number of likely N-dealkylation sites (N-methyl/N-ethyl adjacent to an activating group) is 1. The Morgan fingerprint density at radius 1 is 1.09 bits per heavy atom. The van der Waals surface area contributed by atoms with E-state index in [4.69, 9.17) is 4.74 Å². The minimum Gasteiger partial charge on any atom is -0.395 e. The van der Waals surface area contributed by atoms with Gasteiger partial charge in [-0.1, -0.05) is 49.4 Å². The van der Waals surface area contributed by atoms with Crippen LogP contribution >= 0.6 is 0 Å². The lowest BCUT2D eigenvalue weighted by molar-refractivity contribution is -0.149. The first-order valence-electron chi connectivity index (χ1n) is 14.9. The number of nitrogens with zero attached hydrogens (tertiary/aromatic N) is 3. The molecule has 9 nitrogen and oxygen atoms in total. The van der Waals surface area contributed by atoms with E-state index in [1.807, 2.05) is 49.4 Å². The van der Waals surface area contributed by atoms with Crippen LogP contribution in [0, 0.1) is 5.92 Å². The van der Waals surface area contributed by atoms with Crippen LogP contribution in [0.5, 0.6) is 0 Å². The minimum atomic E-state index is -3.50. The maximum Gasteiger partial charge on any atom is 0.279 e. The van der Waals surface area contributed by atoms with Crippen LogP contribution in [0.3, 0.4) is 0 Å². The molecule has 11 heteroatoms. The van der Waals surface area contributed by atoms with E-state index >= 15 is 4.11 Å². The van der Waals surface area contributed by atoms with E-state index in [-0.39, 0.29) is 36.9 Å². The number of halogens is 1. The first-order chi connectivity index (χ1) is 21.0. The van der Waals surface area contributed by atoms with Gasteiger partial charge in [0.1, 0.15) is 0 Å². The Kier molecular flexibility index (Phi) is 7.59. The zero-order valence-corrected chi connectivity index (χ0v) is 26.3. The molecule has 1 spiro atoms. The van der Waals surface area contributed by atoms with Gasteiger partial charge in [0, 0.05) is 37.2 Å². The predicted molar refractivity (Wildman–Crippen MR) is 169 cm³/mol. The normalized spacial score (nSPS) is 23.1. The van der Waals surface area contributed by atoms with Crippen molar-refractivity contribution in [2.75, 3.05) is 25.1 Å². The molecule has 4 atom stereocenters. The van der Waals surface area contributed by atoms with Gasteiger partial charge >= 0.3 is 0 Å². The van der Waals surface area contributed by atoms with Crippen molar-refractivity contribution in [1.82, 2.24) is 14.7 Å². The van der Waals surface area contributed by atoms with Gasteiger partial charge in [0.05, 0.1) is 41.4 Å². The number of benzene rings is 3. The highest BCUT2D eigenvalue weighted by Gasteiger charge is 2.66. The number of H-pyrrole nitrogens is 1. The van der Waals surface area contributed by atoms with Crippen molar-refractivity contribution in [3.63, 3.8) is 0 Å². The quantitative estimate of drug-likeness (QED) is 0.224. The molecule has 0 unspecified atom stereocenters. The molecule has 2 N–H and O–H groups in total. The molecule has 0 radical (unpaired) electrons. The second kappa shape index (κ2) is 11.1. The van der Waals surface area contributed by atoms with E-state index in [0.29, 0.717) is 34.4 Å². The number of nitrogens with one attached hydrogen (secondary N) is 1. The number of amides is 2. The number of para-hydroxylation sites is 1. The summed E-state index contributed by atoms with van der Waals surface area (Å²) in [4.78, 5) is 44.2. The van der Waals surface area contributed by atoms with Crippen molar-refractivity contribution in [3.05, 3.63) is 94.3 Å². The van der Waals surface area contributed by atoms with E-state index in [9.17, 15) is 19.5 Å². The van der Waals surface area contributed by atoms with Crippen LogP contribution < -0.4 is 10.5 Å². The number of ether oxygens (including phenoxy) is 1. The lowest BCUT2D eigenvalue weighted by Crippen LogP contribution is -2.44. The van der Waals surface area contributed by atoms with Gasteiger partial charge in [-0.15, -0.1) is 0 Å². The standard InChI is InChI=1S/C33H37FN4O5Si/c1-21-30(44(3,4)34)28(19-29(40)37(16-17-39)20-22-10-6-5-7-11-22)43-33(21)25-18-23(14-15-27(25)36(2)32(33)42)38-31(41)24-12-8-9-13-26(24)35-38/h5-15,18,21,28,30,35,39H,16-17,19-20H2,1-4H3/t21-,28+,30-,33+/m0/s1. The molecular weight excluding hydrogens is 579 g/mol. The van der Waals surface area contributed by atoms with Crippen LogP contribution in [0.1, 0.15) is 24.5 Å². The number of rotatable bonds is 8. The monoisotopic (exact) mass is 616 g/mol. The fourth-order valence-corrected chi connectivity index (χ4v) is 9.73. The van der Waals surface area contributed by atoms with Crippen LogP contribution in [0.4, 0.5) is 9.80 Å². The highest BCUT2D eigenvalue weighted by molar-refractivity contribution is 6.72. The third kappa shape index (κ3) is 4.79. The molecule has 1 aromatic heterocycles. The zero-order chi connectivity index (χ0) is 31.4. The summed E-state index contributed by atoms with van der Waals surface area (Å²) in [5.74, 6) is -1.19. The van der Waals surface area contributed by atoms with Gasteiger partial charge in [0.15, 0.2) is 5.60 Å². The molecule has 6 rings (SSSR count). The summed E-state index contributed by atoms with van der Waals surface area (Å²) < 4.78 is 24.3. The van der Waals surface area contributed by atoms with Crippen molar-refractivity contribution in [2.24, 2.45) is 5.92 Å². The maximum absolute atomic E-state index is 16.2. The number of carbonyl (C=O) groups excluding carboxylic acids is 2. The van der Waals surface area contributed by atoms with E-state index in [2.05, 4.69) is 5.10 Å². The molecule has 4 aromatic rings. The summed E-state index contributed by atoms with van der Waals surface area (Å²) in [6.45, 7) is 5.21. The highest BCUT2D eigenvalue weighted by atomic mass is 28.4. The average Bonchev–Trinajstić information content (AvgIpc) is 3.57. The summed E-state index contributed by atoms with van der Waals surface area (Å²) in [6.07, 6.45) is -0.985. The number of fused-ring (bicyclic) bond motifs is 3. The number of hydrogen-bond acceptors (Lipinski definition) is 5. The second-order valence-electron chi connectivity index (χ2n) is 12.4. The Hall–Kier alpha value is -4.06. The SMILES string of the molecule is C[C@H]1[C@H]([Si](C)(C)F)[C@@H](CC(=O)N(CCO)Cc2ccccc2)O[C@]12C(=O)N(C)c1ccc(-n3[nH]c4ccccc4c3=O)cc12. The Labute approximate surface area is 256 Å². The number of anilines is 1. The third-order valence-electron chi connectivity index (χ3n) is 9.24. The van der Waals surface area contributed by atoms with Crippen molar-refractivity contribution >= 4 is 36.8 Å². The Balaban J connectivity index is 1.39. The number of aliphatic hydroxyl groups is 1. The van der Waals surface area contributed by atoms with Crippen molar-refractivity contribution < 1.29 is 23.5 Å². The van der Waals surface area contributed by atoms with Crippen LogP contribution in [0.2, 0.25) is 18.6 Å². The molecule has 0 saturated carbocycles. The van der Waals surface area contributed by atoms with Crippen molar-refractivity contribution in [3.8, 4) is 5.69 Å². The lowest BCUT2D eigenvalue weighted by Gasteiger charge is -2.31. The summed E-state index contributed by atoms with van der Waals surface area (Å²) in [5.41, 5.74) is 0.856. The van der Waals surface area contributed by atoms with Gasteiger partial charge in [0.2, 0.25) is 14.3 Å². The summed E-state index contributed by atoms with van der Waals surface area (Å²) in [5, 5.41) is 13.4. The molecule has 0 bridgehead atoms. The summed E-state index contributed by atoms with van der Waals surface area (Å²) in [6, 6.07) is 22.0. The first kappa shape index (κ1) is 30.0. The number of aromatic nitrogens is 2. The molecule has 2 amide bonds. The van der Waals surface area contributed by atoms with Gasteiger partial charge < -0.3 is 23.8 Å². The van der Waals surface area contributed by atoms with Gasteiger partial charge in [0.25, 0.3) is 11.5 Å². The van der Waals surface area contributed by atoms with E-state index < -0.39 is 31.6 Å². The number of aliphatic hydroxyl groups excluding tert-OH is 1. The Morgan fingerprint density at radius 3 is 2.48 bits per heavy atom. The highest BCUT2D eigenvalue weighted by Crippen LogP contribution is 2.60. The molecule has 1 fully saturated rings. The molecule has 1 saturated heterocycles. The fraction of sp³-hybridized carbons (Fsp3) is 0.364. The minimum absolute atomic E-state index is 0.120. The topological polar surface area (TPSA) is 108 Å². The van der Waals surface area contributed by atoms with E-state index in [0.717, 1.165) is 5.56 Å². The van der Waals surface area contributed by atoms with Crippen molar-refractivity contribution in [1.29, 1.82) is 0 Å². The Morgan fingerprint density at radius 2 is 1.80 bits per heavy atom. The molecule has 2 aliphatic heterocycles. The smallest absolute Gasteiger partial charge is 0.279 e. The molecule has 44 heavy (non-hydrogen) atoms. The number of hydrogen-bond donors (Lipinski definition) is 2. The van der Waals surface area contributed by atoms with Crippen molar-refractivity contribution in [2.45, 2.75) is 50.2 Å². The molecule has 2 aliphatic rings. The zero-order valence-electron chi connectivity index (χ0n) is 25.3. The summed E-state index contributed by atoms with van der Waals surface area (Å²) >= 11 is 0. The van der Waals surface area contributed by atoms with Crippen LogP contribution in [0.25, 0.3) is 16.6 Å². The van der Waals surface area contributed by atoms with E-state index in [1.165, 1.54) is 9.58 Å². The van der Waals surface area contributed by atoms with Gasteiger partial charge in [-0.2, -0.15) is 0 Å². The third-order valence-corrected chi connectivity index (χ3v) is 11.7. The Bertz CT molecular complexity index is 1780. The predicted octanol–water partition coefficient (Wildman–Crippen LogP) is 4.48. The second-order valence-corrected chi connectivity index (χ2v) is 16.2. The average molecular weight is 617 g/mol. The summed E-state index contributed by atoms with van der Waals surface area (Å²) in [7, 11) is -1.84. The largest absolute Gasteiger partial charge is 0.395 e. The lowest BCUT2D eigenvalue weighted by atomic mass is 9.82. The van der Waals surface area contributed by atoms with E-state index in [1.54, 1.807) is 55.4 Å². The molecule has 0 aliphatic carbocycles. The van der Waals surface area contributed by atoms with Crippen LogP contribution in [-0.4, -0.2) is 66.3 Å². The van der Waals surface area contributed by atoms with Gasteiger partial charge in [-0.25, -0.2) is 4.68 Å². The molecule has 3 heterocycles. The molecule has 230 valence electrons. The molecular formula is C33H37FN4O5Si. The van der Waals surface area contributed by atoms with Gasteiger partial charge in [-0.05, 0) is 49.0 Å². The molecule has 3 aromatic carbocycles. The maximum atomic E-state index is 16.2.